The molecule has 20 heavy (non-hydrogen) atoms. The van der Waals surface area contributed by atoms with E-state index in [2.05, 4.69) is 0 Å². The summed E-state index contributed by atoms with van der Waals surface area (Å²) in [5.41, 5.74) is 7.09. The van der Waals surface area contributed by atoms with E-state index in [1.54, 1.807) is 49.4 Å². The fourth-order valence-electron chi connectivity index (χ4n) is 1.89. The molecule has 0 aliphatic rings. The van der Waals surface area contributed by atoms with Gasteiger partial charge in [-0.15, -0.1) is 0 Å². The van der Waals surface area contributed by atoms with E-state index in [0.717, 1.165) is 5.56 Å². The number of aryl methyl sites for hydroxylation is 1. The van der Waals surface area contributed by atoms with Crippen LogP contribution in [0.15, 0.2) is 54.6 Å². The molecule has 4 heteroatoms. The van der Waals surface area contributed by atoms with E-state index in [1.165, 1.54) is 0 Å². The van der Waals surface area contributed by atoms with Gasteiger partial charge in [-0.05, 0) is 18.6 Å². The molecule has 0 spiro atoms. The van der Waals surface area contributed by atoms with Gasteiger partial charge < -0.3 is 10.5 Å². The van der Waals surface area contributed by atoms with E-state index >= 15 is 0 Å². The van der Waals surface area contributed by atoms with Gasteiger partial charge in [-0.25, -0.2) is 4.79 Å². The van der Waals surface area contributed by atoms with Gasteiger partial charge in [-0.1, -0.05) is 48.5 Å². The highest BCUT2D eigenvalue weighted by Gasteiger charge is 2.23. The van der Waals surface area contributed by atoms with E-state index in [4.69, 9.17) is 10.5 Å². The fraction of sp³-hybridized carbons (Fsp3) is 0.125. The monoisotopic (exact) mass is 269 g/mol. The van der Waals surface area contributed by atoms with Crippen LogP contribution in [-0.4, -0.2) is 11.9 Å². The van der Waals surface area contributed by atoms with Crippen molar-refractivity contribution in [1.29, 1.82) is 0 Å². The van der Waals surface area contributed by atoms with Crippen molar-refractivity contribution in [1.82, 2.24) is 0 Å². The molecule has 102 valence electrons. The zero-order valence-electron chi connectivity index (χ0n) is 11.1. The fourth-order valence-corrected chi connectivity index (χ4v) is 1.89. The Bertz CT molecular complexity index is 623. The summed E-state index contributed by atoms with van der Waals surface area (Å²) in [6.07, 6.45) is -1.08. The number of rotatable bonds is 4. The molecular weight excluding hydrogens is 254 g/mol. The van der Waals surface area contributed by atoms with Gasteiger partial charge in [0.15, 0.2) is 0 Å². The SMILES string of the molecule is Cc1ccccc1C(=O)OC(C(N)=O)c1ccccc1. The third kappa shape index (κ3) is 3.03. The summed E-state index contributed by atoms with van der Waals surface area (Å²) in [5.74, 6) is -1.26. The van der Waals surface area contributed by atoms with Gasteiger partial charge in [0.2, 0.25) is 6.10 Å². The average molecular weight is 269 g/mol. The third-order valence-electron chi connectivity index (χ3n) is 2.95. The Morgan fingerprint density at radius 2 is 1.60 bits per heavy atom. The molecule has 0 saturated heterocycles. The molecule has 2 aromatic rings. The van der Waals surface area contributed by atoms with Crippen LogP contribution in [0.5, 0.6) is 0 Å². The molecule has 1 amide bonds. The number of hydrogen-bond acceptors (Lipinski definition) is 3. The first-order valence-corrected chi connectivity index (χ1v) is 6.20. The van der Waals surface area contributed by atoms with Gasteiger partial charge in [-0.2, -0.15) is 0 Å². The van der Waals surface area contributed by atoms with E-state index in [9.17, 15) is 9.59 Å². The predicted molar refractivity (Wildman–Crippen MR) is 75.0 cm³/mol. The molecule has 2 aromatic carbocycles. The number of carbonyl (C=O) groups excluding carboxylic acids is 2. The van der Waals surface area contributed by atoms with Gasteiger partial charge in [0, 0.05) is 5.56 Å². The van der Waals surface area contributed by atoms with Crippen molar-refractivity contribution >= 4 is 11.9 Å². The molecule has 0 aliphatic heterocycles. The van der Waals surface area contributed by atoms with E-state index in [0.29, 0.717) is 11.1 Å². The maximum Gasteiger partial charge on any atom is 0.339 e. The molecule has 0 radical (unpaired) electrons. The molecule has 1 atom stereocenters. The molecule has 0 bridgehead atoms. The minimum Gasteiger partial charge on any atom is -0.444 e. The minimum atomic E-state index is -1.08. The average Bonchev–Trinajstić information content (AvgIpc) is 2.45. The summed E-state index contributed by atoms with van der Waals surface area (Å²) in [4.78, 5) is 23.6. The Morgan fingerprint density at radius 3 is 2.20 bits per heavy atom. The highest BCUT2D eigenvalue weighted by atomic mass is 16.5. The molecule has 0 saturated carbocycles. The zero-order valence-corrected chi connectivity index (χ0v) is 11.1. The van der Waals surface area contributed by atoms with Gasteiger partial charge in [0.25, 0.3) is 5.91 Å². The van der Waals surface area contributed by atoms with Gasteiger partial charge in [-0.3, -0.25) is 4.79 Å². The smallest absolute Gasteiger partial charge is 0.339 e. The number of amides is 1. The molecule has 4 nitrogen and oxygen atoms in total. The lowest BCUT2D eigenvalue weighted by Gasteiger charge is -2.15. The van der Waals surface area contributed by atoms with Crippen LogP contribution in [-0.2, 0) is 9.53 Å². The molecular formula is C16H15NO3. The summed E-state index contributed by atoms with van der Waals surface area (Å²) in [5, 5.41) is 0. The predicted octanol–water partition coefficient (Wildman–Crippen LogP) is 2.38. The second-order valence-corrected chi connectivity index (χ2v) is 4.41. The first-order chi connectivity index (χ1) is 9.59. The van der Waals surface area contributed by atoms with Crippen LogP contribution in [0.3, 0.4) is 0 Å². The summed E-state index contributed by atoms with van der Waals surface area (Å²) < 4.78 is 5.25. The van der Waals surface area contributed by atoms with Crippen LogP contribution in [0, 0.1) is 6.92 Å². The van der Waals surface area contributed by atoms with Crippen molar-refractivity contribution in [2.24, 2.45) is 5.73 Å². The van der Waals surface area contributed by atoms with Crippen LogP contribution in [0.1, 0.15) is 27.6 Å². The third-order valence-corrected chi connectivity index (χ3v) is 2.95. The first kappa shape index (κ1) is 13.8. The molecule has 0 fully saturated rings. The number of benzene rings is 2. The summed E-state index contributed by atoms with van der Waals surface area (Å²) in [7, 11) is 0. The number of carbonyl (C=O) groups is 2. The topological polar surface area (TPSA) is 69.4 Å². The molecule has 2 rings (SSSR count). The number of nitrogens with two attached hydrogens (primary N) is 1. The normalized spacial score (nSPS) is 11.7. The lowest BCUT2D eigenvalue weighted by atomic mass is 10.1. The Kier molecular flexibility index (Phi) is 4.15. The van der Waals surface area contributed by atoms with Crippen LogP contribution < -0.4 is 5.73 Å². The quantitative estimate of drug-likeness (QED) is 0.866. The van der Waals surface area contributed by atoms with Gasteiger partial charge >= 0.3 is 5.97 Å². The van der Waals surface area contributed by atoms with E-state index in [-0.39, 0.29) is 0 Å². The van der Waals surface area contributed by atoms with E-state index in [1.807, 2.05) is 12.1 Å². The standard InChI is InChI=1S/C16H15NO3/c1-11-7-5-6-10-13(11)16(19)20-14(15(17)18)12-8-3-2-4-9-12/h2-10,14H,1H3,(H2,17,18). The van der Waals surface area contributed by atoms with Gasteiger partial charge in [0.05, 0.1) is 5.56 Å². The van der Waals surface area contributed by atoms with Crippen molar-refractivity contribution in [2.45, 2.75) is 13.0 Å². The second-order valence-electron chi connectivity index (χ2n) is 4.41. The van der Waals surface area contributed by atoms with Crippen molar-refractivity contribution in [3.63, 3.8) is 0 Å². The molecule has 0 aromatic heterocycles. The Balaban J connectivity index is 2.24. The van der Waals surface area contributed by atoms with Crippen LogP contribution in [0.4, 0.5) is 0 Å². The summed E-state index contributed by atoms with van der Waals surface area (Å²) in [6, 6.07) is 15.7. The van der Waals surface area contributed by atoms with Crippen molar-refractivity contribution < 1.29 is 14.3 Å². The number of hydrogen-bond donors (Lipinski definition) is 1. The Labute approximate surface area is 117 Å². The molecule has 1 unspecified atom stereocenters. The lowest BCUT2D eigenvalue weighted by Crippen LogP contribution is -2.26. The van der Waals surface area contributed by atoms with E-state index < -0.39 is 18.0 Å². The number of esters is 1. The lowest BCUT2D eigenvalue weighted by molar-refractivity contribution is -0.127. The largest absolute Gasteiger partial charge is 0.444 e. The van der Waals surface area contributed by atoms with Crippen LogP contribution in [0.25, 0.3) is 0 Å². The molecule has 2 N–H and O–H groups in total. The maximum atomic E-state index is 12.1. The summed E-state index contributed by atoms with van der Waals surface area (Å²) >= 11 is 0. The van der Waals surface area contributed by atoms with Crippen LogP contribution in [0.2, 0.25) is 0 Å². The highest BCUT2D eigenvalue weighted by Crippen LogP contribution is 2.19. The Hall–Kier alpha value is -2.62. The maximum absolute atomic E-state index is 12.1. The van der Waals surface area contributed by atoms with Crippen molar-refractivity contribution in [3.05, 3.63) is 71.3 Å². The molecule has 0 heterocycles. The van der Waals surface area contributed by atoms with Crippen molar-refractivity contribution in [2.75, 3.05) is 0 Å². The van der Waals surface area contributed by atoms with Crippen molar-refractivity contribution in [3.8, 4) is 0 Å². The Morgan fingerprint density at radius 1 is 1.00 bits per heavy atom. The number of primary amides is 1. The second kappa shape index (κ2) is 6.02. The highest BCUT2D eigenvalue weighted by molar-refractivity contribution is 5.93. The van der Waals surface area contributed by atoms with Crippen LogP contribution >= 0.6 is 0 Å². The molecule has 0 aliphatic carbocycles. The zero-order chi connectivity index (χ0) is 14.5. The van der Waals surface area contributed by atoms with Gasteiger partial charge in [0.1, 0.15) is 0 Å². The number of ether oxygens (including phenoxy) is 1. The minimum absolute atomic E-state index is 0.426. The first-order valence-electron chi connectivity index (χ1n) is 6.20. The summed E-state index contributed by atoms with van der Waals surface area (Å²) in [6.45, 7) is 1.80.